The van der Waals surface area contributed by atoms with Crippen LogP contribution in [0.1, 0.15) is 21.6 Å². The third-order valence-corrected chi connectivity index (χ3v) is 2.55. The van der Waals surface area contributed by atoms with Gasteiger partial charge in [-0.1, -0.05) is 12.1 Å². The quantitative estimate of drug-likeness (QED) is 0.923. The first kappa shape index (κ1) is 13.5. The van der Waals surface area contributed by atoms with Crippen molar-refractivity contribution in [2.45, 2.75) is 6.61 Å². The van der Waals surface area contributed by atoms with Crippen molar-refractivity contribution in [3.05, 3.63) is 59.2 Å². The SMILES string of the molecule is N#Cc1cccc(COc2ccc(C(=O)O)nc2)c1F. The van der Waals surface area contributed by atoms with Crippen LogP contribution in [0.15, 0.2) is 36.5 Å². The molecule has 20 heavy (non-hydrogen) atoms. The van der Waals surface area contributed by atoms with E-state index in [0.717, 1.165) is 0 Å². The first-order valence-electron chi connectivity index (χ1n) is 5.61. The largest absolute Gasteiger partial charge is 0.487 e. The normalized spacial score (nSPS) is 9.80. The Bertz CT molecular complexity index is 678. The minimum Gasteiger partial charge on any atom is -0.487 e. The monoisotopic (exact) mass is 272 g/mol. The van der Waals surface area contributed by atoms with Crippen LogP contribution in [0, 0.1) is 17.1 Å². The van der Waals surface area contributed by atoms with E-state index in [9.17, 15) is 9.18 Å². The van der Waals surface area contributed by atoms with E-state index in [2.05, 4.69) is 4.98 Å². The van der Waals surface area contributed by atoms with Crippen molar-refractivity contribution >= 4 is 5.97 Å². The molecule has 0 amide bonds. The number of nitriles is 1. The number of carboxylic acids is 1. The molecule has 0 bridgehead atoms. The first-order valence-corrected chi connectivity index (χ1v) is 5.61. The van der Waals surface area contributed by atoms with E-state index in [0.29, 0.717) is 5.75 Å². The van der Waals surface area contributed by atoms with Gasteiger partial charge < -0.3 is 9.84 Å². The minimum atomic E-state index is -1.13. The van der Waals surface area contributed by atoms with Crippen LogP contribution in [0.4, 0.5) is 4.39 Å². The van der Waals surface area contributed by atoms with Gasteiger partial charge in [-0.2, -0.15) is 5.26 Å². The van der Waals surface area contributed by atoms with E-state index in [4.69, 9.17) is 15.1 Å². The lowest BCUT2D eigenvalue weighted by Crippen LogP contribution is -2.02. The van der Waals surface area contributed by atoms with Gasteiger partial charge in [0.1, 0.15) is 29.9 Å². The van der Waals surface area contributed by atoms with E-state index in [1.165, 1.54) is 30.5 Å². The molecule has 0 fully saturated rings. The zero-order chi connectivity index (χ0) is 14.5. The van der Waals surface area contributed by atoms with Crippen molar-refractivity contribution in [3.8, 4) is 11.8 Å². The molecule has 2 aromatic rings. The van der Waals surface area contributed by atoms with Crippen LogP contribution in [0.2, 0.25) is 0 Å². The summed E-state index contributed by atoms with van der Waals surface area (Å²) >= 11 is 0. The molecule has 0 radical (unpaired) electrons. The van der Waals surface area contributed by atoms with Crippen LogP contribution in [-0.4, -0.2) is 16.1 Å². The number of aromatic nitrogens is 1. The molecule has 0 atom stereocenters. The van der Waals surface area contributed by atoms with Gasteiger partial charge in [-0.15, -0.1) is 0 Å². The van der Waals surface area contributed by atoms with Crippen LogP contribution in [0.5, 0.6) is 5.75 Å². The molecule has 0 saturated heterocycles. The van der Waals surface area contributed by atoms with E-state index in [1.807, 2.05) is 0 Å². The molecule has 1 heterocycles. The lowest BCUT2D eigenvalue weighted by Gasteiger charge is -2.07. The second-order valence-corrected chi connectivity index (χ2v) is 3.86. The number of hydrogen-bond acceptors (Lipinski definition) is 4. The number of pyridine rings is 1. The molecule has 0 unspecified atom stereocenters. The van der Waals surface area contributed by atoms with Crippen LogP contribution < -0.4 is 4.74 Å². The number of halogens is 1. The Morgan fingerprint density at radius 3 is 2.80 bits per heavy atom. The number of carbonyl (C=O) groups is 1. The molecule has 2 rings (SSSR count). The number of carboxylic acid groups (broad SMARTS) is 1. The Labute approximate surface area is 113 Å². The van der Waals surface area contributed by atoms with Gasteiger partial charge in [-0.25, -0.2) is 14.2 Å². The van der Waals surface area contributed by atoms with Gasteiger partial charge in [0.2, 0.25) is 0 Å². The Balaban J connectivity index is 2.09. The third-order valence-electron chi connectivity index (χ3n) is 2.55. The number of benzene rings is 1. The Morgan fingerprint density at radius 1 is 1.40 bits per heavy atom. The van der Waals surface area contributed by atoms with Gasteiger partial charge in [0.05, 0.1) is 11.8 Å². The molecular weight excluding hydrogens is 263 g/mol. The number of nitrogens with zero attached hydrogens (tertiary/aromatic N) is 2. The van der Waals surface area contributed by atoms with Crippen LogP contribution in [0.3, 0.4) is 0 Å². The highest BCUT2D eigenvalue weighted by molar-refractivity contribution is 5.85. The maximum atomic E-state index is 13.7. The van der Waals surface area contributed by atoms with E-state index >= 15 is 0 Å². The fourth-order valence-corrected chi connectivity index (χ4v) is 1.53. The molecule has 0 aliphatic rings. The van der Waals surface area contributed by atoms with E-state index in [-0.39, 0.29) is 23.4 Å². The molecule has 1 N–H and O–H groups in total. The third kappa shape index (κ3) is 2.90. The average molecular weight is 272 g/mol. The van der Waals surface area contributed by atoms with Gasteiger partial charge in [0.15, 0.2) is 0 Å². The summed E-state index contributed by atoms with van der Waals surface area (Å²) in [6, 6.07) is 8.92. The van der Waals surface area contributed by atoms with Gasteiger partial charge >= 0.3 is 5.97 Å². The second kappa shape index (κ2) is 5.80. The van der Waals surface area contributed by atoms with Gasteiger partial charge in [-0.05, 0) is 18.2 Å². The number of hydrogen-bond donors (Lipinski definition) is 1. The van der Waals surface area contributed by atoms with Crippen molar-refractivity contribution in [2.24, 2.45) is 0 Å². The minimum absolute atomic E-state index is 0.0505. The number of rotatable bonds is 4. The lowest BCUT2D eigenvalue weighted by atomic mass is 10.1. The summed E-state index contributed by atoms with van der Waals surface area (Å²) in [7, 11) is 0. The molecular formula is C14H9FN2O3. The maximum Gasteiger partial charge on any atom is 0.354 e. The topological polar surface area (TPSA) is 83.2 Å². The average Bonchev–Trinajstić information content (AvgIpc) is 2.46. The Morgan fingerprint density at radius 2 is 2.20 bits per heavy atom. The first-order chi connectivity index (χ1) is 9.61. The summed E-state index contributed by atoms with van der Waals surface area (Å²) in [4.78, 5) is 14.3. The summed E-state index contributed by atoms with van der Waals surface area (Å²) in [6.45, 7) is -0.0740. The molecule has 0 spiro atoms. The zero-order valence-corrected chi connectivity index (χ0v) is 10.2. The highest BCUT2D eigenvalue weighted by Gasteiger charge is 2.09. The summed E-state index contributed by atoms with van der Waals surface area (Å²) in [5, 5.41) is 17.4. The molecule has 100 valence electrons. The van der Waals surface area contributed by atoms with Crippen LogP contribution in [0.25, 0.3) is 0 Å². The fourth-order valence-electron chi connectivity index (χ4n) is 1.53. The molecule has 6 heteroatoms. The Kier molecular flexibility index (Phi) is 3.91. The van der Waals surface area contributed by atoms with Crippen LogP contribution >= 0.6 is 0 Å². The summed E-state index contributed by atoms with van der Waals surface area (Å²) in [5.74, 6) is -1.44. The van der Waals surface area contributed by atoms with E-state index < -0.39 is 11.8 Å². The summed E-state index contributed by atoms with van der Waals surface area (Å²) in [6.07, 6.45) is 1.25. The lowest BCUT2D eigenvalue weighted by molar-refractivity contribution is 0.0690. The molecule has 5 nitrogen and oxygen atoms in total. The number of ether oxygens (including phenoxy) is 1. The second-order valence-electron chi connectivity index (χ2n) is 3.86. The highest BCUT2D eigenvalue weighted by Crippen LogP contribution is 2.16. The summed E-state index contributed by atoms with van der Waals surface area (Å²) < 4.78 is 19.1. The number of aromatic carboxylic acids is 1. The summed E-state index contributed by atoms with van der Waals surface area (Å²) in [5.41, 5.74) is 0.0896. The maximum absolute atomic E-state index is 13.7. The van der Waals surface area contributed by atoms with Crippen molar-refractivity contribution < 1.29 is 19.0 Å². The fraction of sp³-hybridized carbons (Fsp3) is 0.0714. The predicted molar refractivity (Wildman–Crippen MR) is 66.6 cm³/mol. The van der Waals surface area contributed by atoms with Crippen LogP contribution in [-0.2, 0) is 6.61 Å². The van der Waals surface area contributed by atoms with Gasteiger partial charge in [0.25, 0.3) is 0 Å². The molecule has 1 aromatic carbocycles. The zero-order valence-electron chi connectivity index (χ0n) is 10.2. The van der Waals surface area contributed by atoms with E-state index in [1.54, 1.807) is 12.1 Å². The van der Waals surface area contributed by atoms with Crippen molar-refractivity contribution in [2.75, 3.05) is 0 Å². The van der Waals surface area contributed by atoms with Gasteiger partial charge in [0, 0.05) is 5.56 Å². The predicted octanol–water partition coefficient (Wildman–Crippen LogP) is 2.37. The molecule has 0 saturated carbocycles. The smallest absolute Gasteiger partial charge is 0.354 e. The molecule has 0 aliphatic heterocycles. The highest BCUT2D eigenvalue weighted by atomic mass is 19.1. The Hall–Kier alpha value is -2.94. The molecule has 0 aliphatic carbocycles. The standard InChI is InChI=1S/C14H9FN2O3/c15-13-9(6-16)2-1-3-10(13)8-20-11-4-5-12(14(18)19)17-7-11/h1-5,7H,8H2,(H,18,19). The van der Waals surface area contributed by atoms with Crippen molar-refractivity contribution in [1.29, 1.82) is 5.26 Å². The molecule has 1 aromatic heterocycles. The van der Waals surface area contributed by atoms with Crippen molar-refractivity contribution in [1.82, 2.24) is 4.98 Å². The van der Waals surface area contributed by atoms with Gasteiger partial charge in [-0.3, -0.25) is 0 Å². The van der Waals surface area contributed by atoms with Crippen molar-refractivity contribution in [3.63, 3.8) is 0 Å².